The van der Waals surface area contributed by atoms with Crippen molar-refractivity contribution in [2.24, 2.45) is 0 Å². The van der Waals surface area contributed by atoms with E-state index in [-0.39, 0.29) is 39.1 Å². The van der Waals surface area contributed by atoms with Gasteiger partial charge in [0.05, 0.1) is 11.1 Å². The maximum absolute atomic E-state index is 14.9. The molecule has 0 bridgehead atoms. The van der Waals surface area contributed by atoms with Gasteiger partial charge < -0.3 is 15.7 Å². The Kier molecular flexibility index (Phi) is 10.3. The van der Waals surface area contributed by atoms with Crippen LogP contribution in [0.15, 0.2) is 66.7 Å². The lowest BCUT2D eigenvalue weighted by Gasteiger charge is -2.34. The van der Waals surface area contributed by atoms with Crippen LogP contribution >= 0.6 is 0 Å². The van der Waals surface area contributed by atoms with Crippen LogP contribution in [-0.2, 0) is 5.41 Å². The van der Waals surface area contributed by atoms with E-state index in [0.717, 1.165) is 36.8 Å². The molecule has 0 fully saturated rings. The zero-order chi connectivity index (χ0) is 37.5. The van der Waals surface area contributed by atoms with Gasteiger partial charge >= 0.3 is 18.3 Å². The highest BCUT2D eigenvalue weighted by Crippen LogP contribution is 2.48. The van der Waals surface area contributed by atoms with E-state index in [1.165, 1.54) is 51.2 Å². The van der Waals surface area contributed by atoms with Gasteiger partial charge in [-0.1, -0.05) is 35.9 Å². The summed E-state index contributed by atoms with van der Waals surface area (Å²) in [6.45, 7) is 8.79. The Hall–Kier alpha value is -5.13. The van der Waals surface area contributed by atoms with Crippen LogP contribution in [-0.4, -0.2) is 42.3 Å². The summed E-state index contributed by atoms with van der Waals surface area (Å²) in [5.41, 5.74) is -2.61. The smallest absolute Gasteiger partial charge is 0.402 e. The van der Waals surface area contributed by atoms with Crippen molar-refractivity contribution < 1.29 is 45.8 Å². The van der Waals surface area contributed by atoms with E-state index in [1.807, 2.05) is 0 Å². The van der Waals surface area contributed by atoms with Crippen LogP contribution in [0.5, 0.6) is 0 Å². The van der Waals surface area contributed by atoms with E-state index in [1.54, 1.807) is 32.9 Å². The molecule has 0 aliphatic heterocycles. The number of aryl methyl sites for hydroxylation is 5. The predicted molar refractivity (Wildman–Crippen MR) is 178 cm³/mol. The number of amides is 2. The molecule has 12 heteroatoms. The van der Waals surface area contributed by atoms with Crippen molar-refractivity contribution in [3.63, 3.8) is 0 Å². The minimum absolute atomic E-state index is 0.0151. The second-order valence-corrected chi connectivity index (χ2v) is 12.6. The van der Waals surface area contributed by atoms with E-state index in [9.17, 15) is 45.8 Å². The number of carbonyl (C=O) groups excluding carboxylic acids is 2. The van der Waals surface area contributed by atoms with Gasteiger partial charge in [-0.3, -0.25) is 9.59 Å². The molecule has 0 saturated carbocycles. The Morgan fingerprint density at radius 3 is 1.68 bits per heavy atom. The summed E-state index contributed by atoms with van der Waals surface area (Å²) in [6.07, 6.45) is -9.65. The second-order valence-electron chi connectivity index (χ2n) is 12.6. The Morgan fingerprint density at radius 1 is 0.680 bits per heavy atom. The molecule has 6 nitrogen and oxygen atoms in total. The van der Waals surface area contributed by atoms with Gasteiger partial charge in [-0.15, -0.1) is 0 Å². The molecule has 3 N–H and O–H groups in total. The average Bonchev–Trinajstić information content (AvgIpc) is 3.01. The molecule has 4 aromatic carbocycles. The molecule has 2 amide bonds. The molecule has 0 saturated heterocycles. The van der Waals surface area contributed by atoms with E-state index in [4.69, 9.17) is 0 Å². The molecular formula is C38H36F6N2O4. The fourth-order valence-electron chi connectivity index (χ4n) is 6.66. The first-order valence-electron chi connectivity index (χ1n) is 15.5. The third-order valence-electron chi connectivity index (χ3n) is 9.06. The predicted octanol–water partition coefficient (Wildman–Crippen LogP) is 9.10. The van der Waals surface area contributed by atoms with Crippen LogP contribution in [0.25, 0.3) is 0 Å². The highest BCUT2D eigenvalue weighted by Gasteiger charge is 2.54. The number of carboxylic acids is 1. The van der Waals surface area contributed by atoms with Crippen molar-refractivity contribution >= 4 is 23.5 Å². The van der Waals surface area contributed by atoms with Gasteiger partial charge in [-0.05, 0) is 122 Å². The van der Waals surface area contributed by atoms with Crippen molar-refractivity contribution in [2.75, 3.05) is 12.4 Å². The molecule has 50 heavy (non-hydrogen) atoms. The lowest BCUT2D eigenvalue weighted by molar-refractivity contribution is -0.173. The topological polar surface area (TPSA) is 95.5 Å². The van der Waals surface area contributed by atoms with Gasteiger partial charge in [0.2, 0.25) is 0 Å². The zero-order valence-electron chi connectivity index (χ0n) is 28.4. The molecule has 0 spiro atoms. The highest BCUT2D eigenvalue weighted by molar-refractivity contribution is 6.11. The van der Waals surface area contributed by atoms with Crippen LogP contribution in [0.3, 0.4) is 0 Å². The molecule has 0 aliphatic rings. The summed E-state index contributed by atoms with van der Waals surface area (Å²) < 4.78 is 89.0. The Balaban J connectivity index is 1.82. The summed E-state index contributed by atoms with van der Waals surface area (Å²) >= 11 is 0. The van der Waals surface area contributed by atoms with Crippen LogP contribution in [0.1, 0.15) is 94.0 Å². The standard InChI is InChI=1S/C38H36F6N2O4/c1-19-13-20(2)30(21(3)14-19)32(37(39,40)41)31-22(4)15-27(16-23(31)5)46-34(48)29-18-26(11-12-28(29)35(49)50)36(6,38(42,43)44)25-10-8-9-24(17-25)33(47)45-7/h8-18,32H,1-7H3,(H,45,47)(H,46,48)(H,49,50). The van der Waals surface area contributed by atoms with Crippen LogP contribution in [0.4, 0.5) is 32.0 Å². The lowest BCUT2D eigenvalue weighted by atomic mass is 9.74. The largest absolute Gasteiger partial charge is 0.478 e. The Morgan fingerprint density at radius 2 is 1.20 bits per heavy atom. The first kappa shape index (κ1) is 37.7. The minimum Gasteiger partial charge on any atom is -0.478 e. The summed E-state index contributed by atoms with van der Waals surface area (Å²) in [4.78, 5) is 38.0. The van der Waals surface area contributed by atoms with Crippen molar-refractivity contribution in [1.29, 1.82) is 0 Å². The van der Waals surface area contributed by atoms with Gasteiger partial charge in [-0.25, -0.2) is 4.79 Å². The van der Waals surface area contributed by atoms with Crippen LogP contribution in [0, 0.1) is 34.6 Å². The number of halogens is 6. The van der Waals surface area contributed by atoms with Crippen LogP contribution < -0.4 is 10.6 Å². The van der Waals surface area contributed by atoms with E-state index < -0.39 is 58.2 Å². The van der Waals surface area contributed by atoms with Gasteiger partial charge in [0.1, 0.15) is 11.3 Å². The SMILES string of the molecule is CNC(=O)c1cccc(C(C)(c2ccc(C(=O)O)c(C(=O)Nc3cc(C)c(C(c4c(C)cc(C)cc4C)C(F)(F)F)c(C)c3)c2)C(F)(F)F)c1. The maximum atomic E-state index is 14.9. The van der Waals surface area contributed by atoms with Crippen molar-refractivity contribution in [1.82, 2.24) is 5.32 Å². The van der Waals surface area contributed by atoms with Crippen molar-refractivity contribution in [3.8, 4) is 0 Å². The van der Waals surface area contributed by atoms with E-state index in [0.29, 0.717) is 11.1 Å². The number of aromatic carboxylic acids is 1. The molecule has 4 rings (SSSR count). The fourth-order valence-corrected chi connectivity index (χ4v) is 6.66. The number of benzene rings is 4. The highest BCUT2D eigenvalue weighted by atomic mass is 19.4. The lowest BCUT2D eigenvalue weighted by Crippen LogP contribution is -2.41. The fraction of sp³-hybridized carbons (Fsp3) is 0.289. The molecule has 264 valence electrons. The normalized spacial score (nSPS) is 13.7. The first-order chi connectivity index (χ1) is 23.1. The number of anilines is 1. The number of alkyl halides is 6. The summed E-state index contributed by atoms with van der Waals surface area (Å²) in [7, 11) is 1.32. The minimum atomic E-state index is -4.97. The van der Waals surface area contributed by atoms with Crippen LogP contribution in [0.2, 0.25) is 0 Å². The summed E-state index contributed by atoms with van der Waals surface area (Å²) in [5, 5.41) is 14.7. The van der Waals surface area contributed by atoms with Gasteiger partial charge in [-0.2, -0.15) is 26.3 Å². The molecule has 2 atom stereocenters. The second kappa shape index (κ2) is 13.6. The Bertz CT molecular complexity index is 1950. The molecule has 0 heterocycles. The monoisotopic (exact) mass is 698 g/mol. The third-order valence-corrected chi connectivity index (χ3v) is 9.06. The van der Waals surface area contributed by atoms with Crippen molar-refractivity contribution in [2.45, 2.75) is 65.2 Å². The number of rotatable bonds is 8. The molecule has 4 aromatic rings. The number of carbonyl (C=O) groups is 3. The quantitative estimate of drug-likeness (QED) is 0.160. The maximum Gasteiger partial charge on any atom is 0.402 e. The van der Waals surface area contributed by atoms with Gasteiger partial charge in [0, 0.05) is 18.3 Å². The average molecular weight is 699 g/mol. The third kappa shape index (κ3) is 7.10. The first-order valence-corrected chi connectivity index (χ1v) is 15.5. The number of nitrogens with one attached hydrogen (secondary N) is 2. The molecule has 0 aromatic heterocycles. The van der Waals surface area contributed by atoms with Gasteiger partial charge in [0.15, 0.2) is 0 Å². The number of carboxylic acid groups (broad SMARTS) is 1. The van der Waals surface area contributed by atoms with Crippen molar-refractivity contribution in [3.05, 3.63) is 133 Å². The number of hydrogen-bond acceptors (Lipinski definition) is 3. The zero-order valence-corrected chi connectivity index (χ0v) is 28.4. The molecule has 2 unspecified atom stereocenters. The number of hydrogen-bond donors (Lipinski definition) is 3. The molecule has 0 aliphatic carbocycles. The van der Waals surface area contributed by atoms with Gasteiger partial charge in [0.25, 0.3) is 11.8 Å². The Labute approximate surface area is 285 Å². The van der Waals surface area contributed by atoms with E-state index in [2.05, 4.69) is 10.6 Å². The summed E-state index contributed by atoms with van der Waals surface area (Å²) in [5.74, 6) is -5.28. The molecular weight excluding hydrogens is 662 g/mol. The summed E-state index contributed by atoms with van der Waals surface area (Å²) in [6, 6.07) is 13.5. The molecule has 0 radical (unpaired) electrons. The van der Waals surface area contributed by atoms with E-state index >= 15 is 0 Å².